The maximum atomic E-state index is 12.8. The Kier molecular flexibility index (Phi) is 6.40. The van der Waals surface area contributed by atoms with Crippen molar-refractivity contribution in [3.8, 4) is 0 Å². The Hall–Kier alpha value is -2.23. The second kappa shape index (κ2) is 8.20. The van der Waals surface area contributed by atoms with E-state index in [1.807, 2.05) is 13.8 Å². The molecular weight excluding hydrogens is 386 g/mol. The number of sulfonamides is 1. The van der Waals surface area contributed by atoms with Crippen molar-refractivity contribution in [1.82, 2.24) is 5.32 Å². The van der Waals surface area contributed by atoms with E-state index in [0.29, 0.717) is 16.1 Å². The Balaban J connectivity index is 2.27. The molecule has 0 unspecified atom stereocenters. The summed E-state index contributed by atoms with van der Waals surface area (Å²) < 4.78 is 23.3. The number of thiophene rings is 1. The Labute approximate surface area is 163 Å². The third kappa shape index (κ3) is 5.15. The van der Waals surface area contributed by atoms with Crippen molar-refractivity contribution in [2.45, 2.75) is 38.6 Å². The van der Waals surface area contributed by atoms with Crippen molar-refractivity contribution in [3.05, 3.63) is 45.6 Å². The Bertz CT molecular complexity index is 951. The number of aryl methyl sites for hydroxylation is 1. The van der Waals surface area contributed by atoms with E-state index in [0.717, 1.165) is 5.56 Å². The number of anilines is 1. The molecule has 0 aliphatic carbocycles. The summed E-state index contributed by atoms with van der Waals surface area (Å²) in [5.41, 5.74) is 1.75. The molecule has 1 aromatic carbocycles. The molecule has 0 bridgehead atoms. The van der Waals surface area contributed by atoms with Crippen LogP contribution in [0.4, 0.5) is 5.69 Å². The summed E-state index contributed by atoms with van der Waals surface area (Å²) in [6.07, 6.45) is 0. The number of carbonyl (C=O) groups excluding carboxylic acids is 2. The fraction of sp³-hybridized carbons (Fsp3) is 0.333. The van der Waals surface area contributed by atoms with Gasteiger partial charge in [-0.2, -0.15) is 0 Å². The summed E-state index contributed by atoms with van der Waals surface area (Å²) >= 11 is 1.29. The van der Waals surface area contributed by atoms with Gasteiger partial charge in [0, 0.05) is 5.69 Å². The number of nitrogens with one attached hydrogen (secondary N) is 2. The molecule has 0 saturated carbocycles. The summed E-state index contributed by atoms with van der Waals surface area (Å²) in [5.74, 6) is -0.925. The largest absolute Gasteiger partial charge is 0.339 e. The summed E-state index contributed by atoms with van der Waals surface area (Å²) in [6.45, 7) is 7.14. The van der Waals surface area contributed by atoms with Gasteiger partial charge in [0.05, 0.1) is 9.77 Å². The zero-order valence-electron chi connectivity index (χ0n) is 15.6. The Morgan fingerprint density at radius 2 is 1.85 bits per heavy atom. The van der Waals surface area contributed by atoms with E-state index in [9.17, 15) is 18.0 Å². The highest BCUT2D eigenvalue weighted by molar-refractivity contribution is 7.89. The molecule has 7 nitrogen and oxygen atoms in total. The average Bonchev–Trinajstić information content (AvgIpc) is 3.09. The van der Waals surface area contributed by atoms with Gasteiger partial charge in [-0.25, -0.2) is 13.6 Å². The van der Waals surface area contributed by atoms with Crippen molar-refractivity contribution >= 4 is 38.9 Å². The first-order valence-corrected chi connectivity index (χ1v) is 10.7. The molecular formula is C18H23N3O4S2. The molecule has 0 aliphatic rings. The van der Waals surface area contributed by atoms with Crippen molar-refractivity contribution < 1.29 is 18.0 Å². The van der Waals surface area contributed by atoms with E-state index < -0.39 is 22.0 Å². The lowest BCUT2D eigenvalue weighted by Crippen LogP contribution is -2.47. The molecule has 2 aromatic rings. The average molecular weight is 410 g/mol. The molecule has 27 heavy (non-hydrogen) atoms. The van der Waals surface area contributed by atoms with Gasteiger partial charge >= 0.3 is 0 Å². The van der Waals surface area contributed by atoms with Crippen LogP contribution in [-0.4, -0.2) is 26.3 Å². The highest BCUT2D eigenvalue weighted by Gasteiger charge is 2.26. The Morgan fingerprint density at radius 1 is 1.19 bits per heavy atom. The van der Waals surface area contributed by atoms with Gasteiger partial charge < -0.3 is 10.6 Å². The number of nitrogens with two attached hydrogens (primary N) is 1. The fourth-order valence-electron chi connectivity index (χ4n) is 2.49. The minimum absolute atomic E-state index is 0.0791. The highest BCUT2D eigenvalue weighted by Crippen LogP contribution is 2.24. The van der Waals surface area contributed by atoms with E-state index in [2.05, 4.69) is 10.6 Å². The number of amides is 2. The molecule has 0 saturated heterocycles. The molecule has 0 spiro atoms. The summed E-state index contributed by atoms with van der Waals surface area (Å²) in [6, 6.07) is 5.44. The van der Waals surface area contributed by atoms with Crippen LogP contribution in [-0.2, 0) is 14.8 Å². The third-order valence-corrected chi connectivity index (χ3v) is 5.97. The van der Waals surface area contributed by atoms with Crippen molar-refractivity contribution in [3.63, 3.8) is 0 Å². The molecule has 0 radical (unpaired) electrons. The standard InChI is InChI=1S/C18H23N3O4S2/c1-10(2)16(21-17(22)15-6-5-7-26-15)18(23)20-14-9-13(27(19,24)25)8-11(3)12(14)4/h5-10,16H,1-4H3,(H,20,23)(H,21,22)(H2,19,24,25)/t16-/m0/s1. The molecule has 9 heteroatoms. The maximum Gasteiger partial charge on any atom is 0.262 e. The SMILES string of the molecule is Cc1cc(S(N)(=O)=O)cc(NC(=O)[C@@H](NC(=O)c2cccs2)C(C)C)c1C. The van der Waals surface area contributed by atoms with Crippen LogP contribution >= 0.6 is 11.3 Å². The van der Waals surface area contributed by atoms with Gasteiger partial charge in [0.15, 0.2) is 0 Å². The predicted octanol–water partition coefficient (Wildman–Crippen LogP) is 2.41. The predicted molar refractivity (Wildman–Crippen MR) is 106 cm³/mol. The van der Waals surface area contributed by atoms with E-state index in [1.165, 1.54) is 23.5 Å². The van der Waals surface area contributed by atoms with Crippen molar-refractivity contribution in [1.29, 1.82) is 0 Å². The number of carbonyl (C=O) groups is 2. The molecule has 1 heterocycles. The highest BCUT2D eigenvalue weighted by atomic mass is 32.2. The van der Waals surface area contributed by atoms with Crippen LogP contribution in [0.15, 0.2) is 34.5 Å². The number of rotatable bonds is 6. The lowest BCUT2D eigenvalue weighted by Gasteiger charge is -2.22. The first-order valence-electron chi connectivity index (χ1n) is 8.30. The van der Waals surface area contributed by atoms with Crippen molar-refractivity contribution in [2.24, 2.45) is 11.1 Å². The van der Waals surface area contributed by atoms with Gasteiger partial charge in [-0.05, 0) is 54.5 Å². The second-order valence-corrected chi connectivity index (χ2v) is 9.13. The van der Waals surface area contributed by atoms with Gasteiger partial charge in [-0.1, -0.05) is 19.9 Å². The third-order valence-electron chi connectivity index (χ3n) is 4.21. The van der Waals surface area contributed by atoms with Gasteiger partial charge in [0.2, 0.25) is 15.9 Å². The van der Waals surface area contributed by atoms with Crippen LogP contribution in [0.1, 0.15) is 34.6 Å². The smallest absolute Gasteiger partial charge is 0.262 e. The first-order chi connectivity index (χ1) is 12.5. The van der Waals surface area contributed by atoms with Crippen molar-refractivity contribution in [2.75, 3.05) is 5.32 Å². The normalized spacial score (nSPS) is 12.7. The molecule has 1 aromatic heterocycles. The van der Waals surface area contributed by atoms with Gasteiger partial charge in [-0.15, -0.1) is 11.3 Å². The zero-order valence-corrected chi connectivity index (χ0v) is 17.2. The van der Waals surface area contributed by atoms with Crippen LogP contribution < -0.4 is 15.8 Å². The second-order valence-electron chi connectivity index (χ2n) is 6.62. The molecule has 4 N–H and O–H groups in total. The summed E-state index contributed by atoms with van der Waals surface area (Å²) in [7, 11) is -3.91. The molecule has 0 aliphatic heterocycles. The number of hydrogen-bond donors (Lipinski definition) is 3. The molecule has 1 atom stereocenters. The summed E-state index contributed by atoms with van der Waals surface area (Å²) in [4.78, 5) is 25.5. The lowest BCUT2D eigenvalue weighted by atomic mass is 10.0. The molecule has 146 valence electrons. The van der Waals surface area contributed by atoms with E-state index in [-0.39, 0.29) is 16.7 Å². The maximum absolute atomic E-state index is 12.8. The number of hydrogen-bond acceptors (Lipinski definition) is 5. The fourth-order valence-corrected chi connectivity index (χ4v) is 3.74. The van der Waals surface area contributed by atoms with E-state index in [1.54, 1.807) is 31.4 Å². The van der Waals surface area contributed by atoms with Gasteiger partial charge in [0.1, 0.15) is 6.04 Å². The first kappa shape index (κ1) is 21.1. The van der Waals surface area contributed by atoms with E-state index in [4.69, 9.17) is 5.14 Å². The van der Waals surface area contributed by atoms with Gasteiger partial charge in [0.25, 0.3) is 5.91 Å². The van der Waals surface area contributed by atoms with Crippen LogP contribution in [0.2, 0.25) is 0 Å². The quantitative estimate of drug-likeness (QED) is 0.679. The van der Waals surface area contributed by atoms with Gasteiger partial charge in [-0.3, -0.25) is 9.59 Å². The van der Waals surface area contributed by atoms with E-state index >= 15 is 0 Å². The van der Waals surface area contributed by atoms with Crippen LogP contribution in [0.5, 0.6) is 0 Å². The minimum Gasteiger partial charge on any atom is -0.339 e. The summed E-state index contributed by atoms with van der Waals surface area (Å²) in [5, 5.41) is 12.4. The molecule has 0 fully saturated rings. The number of benzene rings is 1. The lowest BCUT2D eigenvalue weighted by molar-refractivity contribution is -0.118. The number of primary sulfonamides is 1. The van der Waals surface area contributed by atoms with Crippen LogP contribution in [0.25, 0.3) is 0 Å². The van der Waals surface area contributed by atoms with Crippen LogP contribution in [0.3, 0.4) is 0 Å². The minimum atomic E-state index is -3.91. The van der Waals surface area contributed by atoms with Crippen LogP contribution in [0, 0.1) is 19.8 Å². The zero-order chi connectivity index (χ0) is 20.4. The topological polar surface area (TPSA) is 118 Å². The molecule has 2 amide bonds. The molecule has 2 rings (SSSR count). The monoisotopic (exact) mass is 409 g/mol. The Morgan fingerprint density at radius 3 is 2.37 bits per heavy atom.